The highest BCUT2D eigenvalue weighted by atomic mass is 33.1. The van der Waals surface area contributed by atoms with Crippen LogP contribution in [-0.2, 0) is 42.9 Å². The van der Waals surface area contributed by atoms with Gasteiger partial charge < -0.3 is 39.2 Å². The fraction of sp³-hybridized carbons (Fsp3) is 0.472. The molecule has 3 aromatic rings. The predicted octanol–water partition coefficient (Wildman–Crippen LogP) is 8.15. The highest BCUT2D eigenvalue weighted by Gasteiger charge is 2.70. The second kappa shape index (κ2) is 20.5. The molecule has 366 valence electrons. The number of unbranched alkanes of at least 4 members (excludes halogenated alkanes) is 1. The van der Waals surface area contributed by atoms with Crippen molar-refractivity contribution in [3.8, 4) is 0 Å². The van der Waals surface area contributed by atoms with Crippen LogP contribution in [0.2, 0.25) is 0 Å². The van der Waals surface area contributed by atoms with Crippen molar-refractivity contribution in [3.63, 3.8) is 0 Å². The van der Waals surface area contributed by atoms with Crippen LogP contribution in [0.4, 0.5) is 0 Å². The van der Waals surface area contributed by atoms with Gasteiger partial charge in [0, 0.05) is 65.1 Å². The molecule has 0 radical (unpaired) electrons. The molecule has 0 spiro atoms. The molecule has 8 rings (SSSR count). The Morgan fingerprint density at radius 2 is 1.54 bits per heavy atom. The average Bonchev–Trinajstić information content (AvgIpc) is 3.86. The van der Waals surface area contributed by atoms with Crippen LogP contribution in [0, 0.1) is 16.7 Å². The van der Waals surface area contributed by atoms with Gasteiger partial charge in [0.15, 0.2) is 11.9 Å². The number of carbonyl (C=O) groups is 6. The molecule has 3 aromatic carbocycles. The lowest BCUT2D eigenvalue weighted by Gasteiger charge is -2.62. The summed E-state index contributed by atoms with van der Waals surface area (Å²) in [4.78, 5) is 84.7. The van der Waals surface area contributed by atoms with Crippen molar-refractivity contribution >= 4 is 57.2 Å². The van der Waals surface area contributed by atoms with Crippen LogP contribution < -0.4 is 5.32 Å². The van der Waals surface area contributed by atoms with Gasteiger partial charge in [-0.15, -0.1) is 0 Å². The number of fused-ring (bicyclic) bond motifs is 5. The topological polar surface area (TPSA) is 201 Å². The van der Waals surface area contributed by atoms with Crippen molar-refractivity contribution in [2.45, 2.75) is 127 Å². The number of aliphatic hydroxyl groups is 2. The monoisotopic (exact) mass is 981 g/mol. The van der Waals surface area contributed by atoms with Gasteiger partial charge in [0.25, 0.3) is 5.91 Å². The van der Waals surface area contributed by atoms with E-state index in [0.717, 1.165) is 31.9 Å². The maximum Gasteiger partial charge on any atom is 0.350 e. The number of ketones is 1. The maximum absolute atomic E-state index is 15.2. The van der Waals surface area contributed by atoms with Gasteiger partial charge in [-0.3, -0.25) is 19.2 Å². The minimum Gasteiger partial charge on any atom is -0.508 e. The zero-order valence-electron chi connectivity index (χ0n) is 39.3. The number of rotatable bonds is 15. The standard InChI is InChI=1S/C53H59NO13S2/c1-30-37(65-50(61)46(66-39(57)24-16-15-23-35-25-26-68-69-35)43(32-17-9-6-10-18-32)54-48(59)33-19-11-7-12-20-33)28-53(62)47(67-49(60)34-21-13-8-14-22-34)42-40(36(56)27-38-52(42,5)29-63-38)44(58)45(64-31(2)55)41(30)51(53,3)4/h6-14,17-22,35,37-38,42-43,45-47,58,62H,15-16,23-29H2,1-5H3,(H,54,59)/t35?,37-,38+,42+,43-,45+,46+,47-,52+,53+/m0/s1. The molecule has 69 heavy (non-hydrogen) atoms. The Morgan fingerprint density at radius 3 is 2.14 bits per heavy atom. The number of esters is 4. The van der Waals surface area contributed by atoms with E-state index in [9.17, 15) is 34.2 Å². The van der Waals surface area contributed by atoms with Crippen molar-refractivity contribution in [1.82, 2.24) is 5.32 Å². The first kappa shape index (κ1) is 50.0. The molecule has 0 aromatic heterocycles. The van der Waals surface area contributed by atoms with Gasteiger partial charge in [-0.05, 0) is 67.2 Å². The molecular weight excluding hydrogens is 923 g/mol. The van der Waals surface area contributed by atoms with E-state index in [1.165, 1.54) is 0 Å². The van der Waals surface area contributed by atoms with Crippen LogP contribution in [-0.4, -0.2) is 99.5 Å². The van der Waals surface area contributed by atoms with Gasteiger partial charge in [0.1, 0.15) is 29.6 Å². The Bertz CT molecular complexity index is 2510. The van der Waals surface area contributed by atoms with Crippen LogP contribution in [0.15, 0.2) is 113 Å². The normalized spacial score (nSPS) is 28.9. The smallest absolute Gasteiger partial charge is 0.350 e. The summed E-state index contributed by atoms with van der Waals surface area (Å²) in [5.41, 5.74) is -3.72. The molecular formula is C53H59NO13S2. The molecule has 2 bridgehead atoms. The highest BCUT2D eigenvalue weighted by molar-refractivity contribution is 8.77. The molecule has 1 amide bonds. The first-order valence-corrected chi connectivity index (χ1v) is 25.9. The number of aliphatic hydroxyl groups excluding tert-OH is 1. The fourth-order valence-corrected chi connectivity index (χ4v) is 13.8. The van der Waals surface area contributed by atoms with Gasteiger partial charge in [-0.2, -0.15) is 0 Å². The minimum atomic E-state index is -2.24. The Morgan fingerprint density at radius 1 is 0.884 bits per heavy atom. The number of hydrogen-bond donors (Lipinski definition) is 3. The summed E-state index contributed by atoms with van der Waals surface area (Å²) >= 11 is 0. The van der Waals surface area contributed by atoms with Gasteiger partial charge in [0.05, 0.1) is 18.3 Å². The lowest BCUT2D eigenvalue weighted by molar-refractivity contribution is -0.256. The van der Waals surface area contributed by atoms with E-state index in [2.05, 4.69) is 5.32 Å². The quantitative estimate of drug-likeness (QED) is 0.0433. The van der Waals surface area contributed by atoms with Crippen LogP contribution in [0.3, 0.4) is 0 Å². The third kappa shape index (κ3) is 9.87. The van der Waals surface area contributed by atoms with Gasteiger partial charge >= 0.3 is 23.9 Å². The zero-order chi connectivity index (χ0) is 49.3. The molecule has 5 aliphatic rings. The maximum atomic E-state index is 15.2. The van der Waals surface area contributed by atoms with Gasteiger partial charge in [0.2, 0.25) is 6.10 Å². The fourth-order valence-electron chi connectivity index (χ4n) is 10.8. The Balaban J connectivity index is 1.23. The van der Waals surface area contributed by atoms with Crippen LogP contribution >= 0.6 is 21.6 Å². The molecule has 1 unspecified atom stereocenters. The Labute approximate surface area is 409 Å². The third-order valence-corrected chi connectivity index (χ3v) is 17.7. The molecule has 3 N–H and O–H groups in total. The van der Waals surface area contributed by atoms with E-state index in [1.807, 2.05) is 28.5 Å². The number of carbonyl (C=O) groups excluding carboxylic acids is 6. The van der Waals surface area contributed by atoms with E-state index in [4.69, 9.17) is 23.7 Å². The SMILES string of the molecule is CC(=O)O[C@H]1C(O)=C2C(=O)C[C@H]3OC[C@@]3(C)[C@H]2[C@H](OC(=O)c2ccccc2)[C@]2(O)C[C@H](OC(=O)[C@H](OC(=O)CCCCC3CCSS3)[C@@H](NC(=O)c3ccccc3)c3ccccc3)C(C)=C1C2(C)C. The Kier molecular flexibility index (Phi) is 14.9. The molecule has 3 aliphatic carbocycles. The summed E-state index contributed by atoms with van der Waals surface area (Å²) in [6, 6.07) is 23.8. The Hall–Kier alpha value is -5.42. The molecule has 1 saturated carbocycles. The second-order valence-electron chi connectivity index (χ2n) is 19.4. The van der Waals surface area contributed by atoms with E-state index in [-0.39, 0.29) is 47.3 Å². The summed E-state index contributed by atoms with van der Waals surface area (Å²) in [7, 11) is 3.69. The van der Waals surface area contributed by atoms with Crippen LogP contribution in [0.25, 0.3) is 0 Å². The zero-order valence-corrected chi connectivity index (χ0v) is 41.0. The molecule has 3 fully saturated rings. The lowest BCUT2D eigenvalue weighted by atomic mass is 9.49. The van der Waals surface area contributed by atoms with Crippen LogP contribution in [0.5, 0.6) is 0 Å². The number of ether oxygens (including phenoxy) is 5. The summed E-state index contributed by atoms with van der Waals surface area (Å²) in [6.45, 7) is 7.96. The van der Waals surface area contributed by atoms with Crippen LogP contribution in [0.1, 0.15) is 112 Å². The van der Waals surface area contributed by atoms with E-state index in [1.54, 1.807) is 112 Å². The number of amides is 1. The number of benzene rings is 3. The van der Waals surface area contributed by atoms with Crippen molar-refractivity contribution in [3.05, 3.63) is 130 Å². The number of nitrogens with one attached hydrogen (secondary N) is 1. The van der Waals surface area contributed by atoms with Crippen molar-refractivity contribution in [2.24, 2.45) is 16.7 Å². The average molecular weight is 982 g/mol. The molecule has 16 heteroatoms. The predicted molar refractivity (Wildman–Crippen MR) is 258 cm³/mol. The number of Topliss-reactive ketones (excluding diaryl/α,β-unsaturated/α-hetero) is 1. The molecule has 14 nitrogen and oxygen atoms in total. The summed E-state index contributed by atoms with van der Waals surface area (Å²) in [5, 5.41) is 29.7. The largest absolute Gasteiger partial charge is 0.508 e. The van der Waals surface area contributed by atoms with Crippen molar-refractivity contribution in [1.29, 1.82) is 0 Å². The molecule has 2 aliphatic heterocycles. The summed E-state index contributed by atoms with van der Waals surface area (Å²) < 4.78 is 30.8. The summed E-state index contributed by atoms with van der Waals surface area (Å²) in [5.74, 6) is -5.24. The minimum absolute atomic E-state index is 0.0149. The van der Waals surface area contributed by atoms with Crippen molar-refractivity contribution < 1.29 is 62.7 Å². The van der Waals surface area contributed by atoms with Gasteiger partial charge in [-0.1, -0.05) is 116 Å². The van der Waals surface area contributed by atoms with Crippen molar-refractivity contribution in [2.75, 3.05) is 12.4 Å². The molecule has 2 heterocycles. The number of hydrogen-bond acceptors (Lipinski definition) is 15. The first-order chi connectivity index (χ1) is 32.9. The molecule has 10 atom stereocenters. The first-order valence-electron chi connectivity index (χ1n) is 23.5. The van der Waals surface area contributed by atoms with E-state index in [0.29, 0.717) is 17.2 Å². The second-order valence-corrected chi connectivity index (χ2v) is 22.2. The lowest BCUT2D eigenvalue weighted by Crippen LogP contribution is -2.71. The summed E-state index contributed by atoms with van der Waals surface area (Å²) in [6.07, 6.45) is -4.42. The highest BCUT2D eigenvalue weighted by Crippen LogP contribution is 2.62. The molecule has 2 saturated heterocycles. The van der Waals surface area contributed by atoms with E-state index >= 15 is 4.79 Å². The van der Waals surface area contributed by atoms with E-state index < -0.39 is 107 Å². The third-order valence-electron chi connectivity index (χ3n) is 14.7. The van der Waals surface area contributed by atoms with Gasteiger partial charge in [-0.25, -0.2) is 9.59 Å².